The maximum Gasteiger partial charge on any atom is 0.308 e. The van der Waals surface area contributed by atoms with Crippen molar-refractivity contribution in [2.24, 2.45) is 5.92 Å². The summed E-state index contributed by atoms with van der Waals surface area (Å²) in [5.74, 6) is -0.485. The smallest absolute Gasteiger partial charge is 0.308 e. The minimum Gasteiger partial charge on any atom is -0.497 e. The summed E-state index contributed by atoms with van der Waals surface area (Å²) in [5.41, 5.74) is 1.64. The molecule has 0 unspecified atom stereocenters. The standard InChI is InChI=1S/C32H29N3O8S2/c1-40-20-10-6-18(7-11-20)33-24(36)16-34-31-28(45-32(34)39)25(17-5-14-22(42-3)23(15-17)43-4)26-27(44-31)30(38)35(29(26)37)19-8-12-21(41-2)13-9-19/h5-15,25-27H,16H2,1-4H3,(H,33,36)/t25-,26-,27+/m0/s1. The van der Waals surface area contributed by atoms with Crippen LogP contribution in [0.25, 0.3) is 0 Å². The van der Waals surface area contributed by atoms with Crippen molar-refractivity contribution in [2.75, 3.05) is 38.7 Å². The second-order valence-electron chi connectivity index (χ2n) is 10.3. The number of nitrogens with one attached hydrogen (secondary N) is 1. The molecule has 1 aromatic heterocycles. The number of carbonyl (C=O) groups excluding carboxylic acids is 3. The maximum atomic E-state index is 14.1. The highest BCUT2D eigenvalue weighted by molar-refractivity contribution is 8.00. The van der Waals surface area contributed by atoms with Gasteiger partial charge in [-0.3, -0.25) is 23.7 Å². The van der Waals surface area contributed by atoms with Gasteiger partial charge >= 0.3 is 4.87 Å². The molecular formula is C32H29N3O8S2. The number of nitrogens with zero attached hydrogens (tertiary/aromatic N) is 2. The van der Waals surface area contributed by atoms with Gasteiger partial charge in [-0.15, -0.1) is 0 Å². The monoisotopic (exact) mass is 647 g/mol. The number of ether oxygens (including phenoxy) is 4. The maximum absolute atomic E-state index is 14.1. The molecule has 1 N–H and O–H groups in total. The summed E-state index contributed by atoms with van der Waals surface area (Å²) in [6.45, 7) is -0.274. The zero-order valence-corrected chi connectivity index (χ0v) is 26.4. The summed E-state index contributed by atoms with van der Waals surface area (Å²) >= 11 is 2.12. The van der Waals surface area contributed by atoms with E-state index in [9.17, 15) is 19.2 Å². The van der Waals surface area contributed by atoms with Gasteiger partial charge in [0.1, 0.15) is 23.3 Å². The van der Waals surface area contributed by atoms with E-state index < -0.39 is 28.9 Å². The molecule has 0 spiro atoms. The van der Waals surface area contributed by atoms with Gasteiger partial charge in [-0.05, 0) is 66.2 Å². The van der Waals surface area contributed by atoms with Crippen molar-refractivity contribution >= 4 is 52.2 Å². The number of methoxy groups -OCH3 is 4. The Balaban J connectivity index is 1.41. The van der Waals surface area contributed by atoms with E-state index in [-0.39, 0.29) is 17.3 Å². The van der Waals surface area contributed by atoms with Crippen LogP contribution in [0.5, 0.6) is 23.0 Å². The van der Waals surface area contributed by atoms with E-state index in [0.29, 0.717) is 49.8 Å². The van der Waals surface area contributed by atoms with Crippen LogP contribution in [0.4, 0.5) is 11.4 Å². The van der Waals surface area contributed by atoms with Gasteiger partial charge in [0.25, 0.3) is 0 Å². The molecule has 3 aromatic carbocycles. The van der Waals surface area contributed by atoms with Crippen molar-refractivity contribution < 1.29 is 33.3 Å². The Morgan fingerprint density at radius 1 is 0.800 bits per heavy atom. The molecule has 0 bridgehead atoms. The number of amides is 3. The van der Waals surface area contributed by atoms with E-state index >= 15 is 0 Å². The van der Waals surface area contributed by atoms with Gasteiger partial charge in [0.15, 0.2) is 11.5 Å². The Bertz CT molecular complexity index is 1830. The van der Waals surface area contributed by atoms with Crippen molar-refractivity contribution in [3.05, 3.63) is 86.8 Å². The molecule has 3 atom stereocenters. The molecule has 0 radical (unpaired) electrons. The average Bonchev–Trinajstić information content (AvgIpc) is 3.50. The fourth-order valence-electron chi connectivity index (χ4n) is 5.66. The number of benzene rings is 3. The SMILES string of the molecule is COc1ccc(NC(=O)Cn2c3c(sc2=O)[C@@H](c2ccc(OC)c(OC)c2)[C@@H]2C(=O)N(c4ccc(OC)cc4)C(=O)[C@@H]2S3)cc1. The Morgan fingerprint density at radius 2 is 1.44 bits per heavy atom. The van der Waals surface area contributed by atoms with Gasteiger partial charge in [-0.1, -0.05) is 29.2 Å². The van der Waals surface area contributed by atoms with Crippen molar-refractivity contribution in [1.29, 1.82) is 0 Å². The van der Waals surface area contributed by atoms with Gasteiger partial charge in [0, 0.05) is 16.5 Å². The van der Waals surface area contributed by atoms with Gasteiger partial charge in [0.2, 0.25) is 17.7 Å². The summed E-state index contributed by atoms with van der Waals surface area (Å²) in [6.07, 6.45) is 0. The molecule has 2 aliphatic rings. The number of fused-ring (bicyclic) bond motifs is 2. The number of aromatic nitrogens is 1. The van der Waals surface area contributed by atoms with Crippen molar-refractivity contribution in [3.8, 4) is 23.0 Å². The highest BCUT2D eigenvalue weighted by Gasteiger charge is 2.57. The molecule has 45 heavy (non-hydrogen) atoms. The fourth-order valence-corrected chi connectivity index (χ4v) is 8.44. The summed E-state index contributed by atoms with van der Waals surface area (Å²) in [4.78, 5) is 56.1. The summed E-state index contributed by atoms with van der Waals surface area (Å²) < 4.78 is 22.8. The second kappa shape index (κ2) is 12.3. The van der Waals surface area contributed by atoms with Gasteiger partial charge in [-0.25, -0.2) is 4.90 Å². The van der Waals surface area contributed by atoms with Crippen LogP contribution in [0.1, 0.15) is 16.4 Å². The van der Waals surface area contributed by atoms with Crippen LogP contribution < -0.4 is 34.0 Å². The molecule has 4 aromatic rings. The molecule has 11 nitrogen and oxygen atoms in total. The lowest BCUT2D eigenvalue weighted by Crippen LogP contribution is -2.33. The third-order valence-electron chi connectivity index (χ3n) is 7.82. The van der Waals surface area contributed by atoms with E-state index in [2.05, 4.69) is 5.32 Å². The Labute approximate surface area is 266 Å². The first-order valence-electron chi connectivity index (χ1n) is 13.9. The molecule has 1 fully saturated rings. The van der Waals surface area contributed by atoms with Crippen molar-refractivity contribution in [3.63, 3.8) is 0 Å². The lowest BCUT2D eigenvalue weighted by Gasteiger charge is -2.31. The van der Waals surface area contributed by atoms with Crippen LogP contribution in [0, 0.1) is 5.92 Å². The zero-order valence-electron chi connectivity index (χ0n) is 24.8. The number of hydrogen-bond donors (Lipinski definition) is 1. The van der Waals surface area contributed by atoms with E-state index in [1.807, 2.05) is 6.07 Å². The minimum absolute atomic E-state index is 0.274. The number of rotatable bonds is 9. The largest absolute Gasteiger partial charge is 0.497 e. The molecule has 1 saturated heterocycles. The van der Waals surface area contributed by atoms with E-state index in [1.165, 1.54) is 30.8 Å². The molecular weight excluding hydrogens is 618 g/mol. The van der Waals surface area contributed by atoms with Crippen LogP contribution >= 0.6 is 23.1 Å². The first kappa shape index (κ1) is 30.3. The molecule has 2 aliphatic heterocycles. The molecule has 6 rings (SSSR count). The molecule has 0 aliphatic carbocycles. The fraction of sp³-hybridized carbons (Fsp3) is 0.250. The predicted molar refractivity (Wildman–Crippen MR) is 170 cm³/mol. The number of carbonyl (C=O) groups is 3. The average molecular weight is 648 g/mol. The number of thiazole rings is 1. The highest BCUT2D eigenvalue weighted by atomic mass is 32.2. The molecule has 3 amide bonds. The van der Waals surface area contributed by atoms with Gasteiger partial charge in [0.05, 0.1) is 45.1 Å². The quantitative estimate of drug-likeness (QED) is 0.264. The lowest BCUT2D eigenvalue weighted by atomic mass is 9.83. The molecule has 0 saturated carbocycles. The van der Waals surface area contributed by atoms with Crippen molar-refractivity contribution in [2.45, 2.75) is 22.7 Å². The van der Waals surface area contributed by atoms with E-state index in [1.54, 1.807) is 67.8 Å². The summed E-state index contributed by atoms with van der Waals surface area (Å²) in [7, 11) is 6.13. The zero-order chi connectivity index (χ0) is 31.8. The third kappa shape index (κ3) is 5.42. The predicted octanol–water partition coefficient (Wildman–Crippen LogP) is 4.38. The normalized spacial score (nSPS) is 18.7. The van der Waals surface area contributed by atoms with Crippen LogP contribution in [0.2, 0.25) is 0 Å². The number of imide groups is 1. The Kier molecular flexibility index (Phi) is 8.30. The number of anilines is 2. The lowest BCUT2D eigenvalue weighted by molar-refractivity contribution is -0.122. The van der Waals surface area contributed by atoms with Gasteiger partial charge in [-0.2, -0.15) is 0 Å². The summed E-state index contributed by atoms with van der Waals surface area (Å²) in [6, 6.07) is 18.8. The van der Waals surface area contributed by atoms with Crippen molar-refractivity contribution in [1.82, 2.24) is 4.57 Å². The summed E-state index contributed by atoms with van der Waals surface area (Å²) in [5, 5.41) is 2.45. The van der Waals surface area contributed by atoms with Crippen LogP contribution in [-0.2, 0) is 20.9 Å². The van der Waals surface area contributed by atoms with Crippen LogP contribution in [-0.4, -0.2) is 56.0 Å². The Morgan fingerprint density at radius 3 is 2.07 bits per heavy atom. The molecule has 232 valence electrons. The third-order valence-corrected chi connectivity index (χ3v) is 10.4. The van der Waals surface area contributed by atoms with E-state index in [4.69, 9.17) is 18.9 Å². The van der Waals surface area contributed by atoms with E-state index in [0.717, 1.165) is 23.1 Å². The topological polar surface area (TPSA) is 125 Å². The molecule has 13 heteroatoms. The number of thioether (sulfide) groups is 1. The first-order chi connectivity index (χ1) is 21.8. The second-order valence-corrected chi connectivity index (χ2v) is 12.4. The number of hydrogen-bond acceptors (Lipinski definition) is 10. The Hall–Kier alpha value is -4.75. The van der Waals surface area contributed by atoms with Crippen LogP contribution in [0.3, 0.4) is 0 Å². The minimum atomic E-state index is -0.838. The van der Waals surface area contributed by atoms with Crippen LogP contribution in [0.15, 0.2) is 76.6 Å². The first-order valence-corrected chi connectivity index (χ1v) is 15.6. The van der Waals surface area contributed by atoms with Gasteiger partial charge < -0.3 is 24.3 Å². The highest BCUT2D eigenvalue weighted by Crippen LogP contribution is 2.54. The molecule has 3 heterocycles.